The molecule has 0 amide bonds. The lowest BCUT2D eigenvalue weighted by Gasteiger charge is -1.83. The van der Waals surface area contributed by atoms with Crippen LogP contribution >= 0.6 is 11.3 Å². The van der Waals surface area contributed by atoms with Crippen LogP contribution in [0.3, 0.4) is 0 Å². The summed E-state index contributed by atoms with van der Waals surface area (Å²) in [5.74, 6) is 0. The van der Waals surface area contributed by atoms with Gasteiger partial charge in [0.1, 0.15) is 6.07 Å². The Morgan fingerprint density at radius 3 is 2.90 bits per heavy atom. The maximum atomic E-state index is 8.48. The first-order chi connectivity index (χ1) is 4.88. The monoisotopic (exact) mass is 148 g/mol. The molecule has 0 unspecified atom stereocenters. The van der Waals surface area contributed by atoms with E-state index in [9.17, 15) is 0 Å². The first-order valence-corrected chi connectivity index (χ1v) is 3.60. The zero-order chi connectivity index (χ0) is 7.40. The quantitative estimate of drug-likeness (QED) is 0.608. The molecule has 2 nitrogen and oxygen atoms in total. The highest BCUT2D eigenvalue weighted by Gasteiger charge is 2.00. The Kier molecular flexibility index (Phi) is 2.04. The largest absolute Gasteiger partial charge is 0.198 e. The highest BCUT2D eigenvalue weighted by molar-refractivity contribution is 7.10. The van der Waals surface area contributed by atoms with Crippen LogP contribution in [0, 0.1) is 22.7 Å². The Bertz CT molecular complexity index is 300. The SMILES string of the molecule is N#CCc1sccc1C#N. The lowest BCUT2D eigenvalue weighted by atomic mass is 10.2. The van der Waals surface area contributed by atoms with Gasteiger partial charge in [-0.2, -0.15) is 10.5 Å². The van der Waals surface area contributed by atoms with Crippen LogP contribution in [0.2, 0.25) is 0 Å². The van der Waals surface area contributed by atoms with Gasteiger partial charge in [-0.05, 0) is 11.4 Å². The molecule has 0 aromatic carbocycles. The fraction of sp³-hybridized carbons (Fsp3) is 0.143. The van der Waals surface area contributed by atoms with Crippen LogP contribution in [-0.4, -0.2) is 0 Å². The average Bonchev–Trinajstić information content (AvgIpc) is 2.36. The van der Waals surface area contributed by atoms with Gasteiger partial charge in [0.2, 0.25) is 0 Å². The molecule has 1 aromatic heterocycles. The Morgan fingerprint density at radius 1 is 1.50 bits per heavy atom. The second-order valence-corrected chi connectivity index (χ2v) is 2.70. The zero-order valence-electron chi connectivity index (χ0n) is 5.16. The zero-order valence-corrected chi connectivity index (χ0v) is 5.98. The Balaban J connectivity index is 2.96. The van der Waals surface area contributed by atoms with Crippen molar-refractivity contribution in [2.75, 3.05) is 0 Å². The summed E-state index contributed by atoms with van der Waals surface area (Å²) < 4.78 is 0. The minimum atomic E-state index is 0.348. The summed E-state index contributed by atoms with van der Waals surface area (Å²) in [7, 11) is 0. The van der Waals surface area contributed by atoms with Crippen molar-refractivity contribution in [1.82, 2.24) is 0 Å². The predicted octanol–water partition coefficient (Wildman–Crippen LogP) is 1.69. The van der Waals surface area contributed by atoms with E-state index in [1.165, 1.54) is 11.3 Å². The average molecular weight is 148 g/mol. The number of thiophene rings is 1. The van der Waals surface area contributed by atoms with Gasteiger partial charge in [-0.25, -0.2) is 0 Å². The molecule has 0 bridgehead atoms. The molecule has 3 heteroatoms. The molecule has 1 heterocycles. The van der Waals surface area contributed by atoms with Gasteiger partial charge in [-0.15, -0.1) is 11.3 Å². The van der Waals surface area contributed by atoms with E-state index in [4.69, 9.17) is 10.5 Å². The minimum absolute atomic E-state index is 0.348. The molecule has 0 aliphatic carbocycles. The first-order valence-electron chi connectivity index (χ1n) is 2.72. The molecular formula is C7H4N2S. The maximum Gasteiger partial charge on any atom is 0.100 e. The summed E-state index contributed by atoms with van der Waals surface area (Å²) in [6, 6.07) is 5.76. The van der Waals surface area contributed by atoms with Crippen LogP contribution in [0.25, 0.3) is 0 Å². The van der Waals surface area contributed by atoms with Crippen molar-refractivity contribution in [2.45, 2.75) is 6.42 Å². The van der Waals surface area contributed by atoms with E-state index in [0.717, 1.165) is 4.88 Å². The standard InChI is InChI=1S/C7H4N2S/c8-3-1-7-6(5-9)2-4-10-7/h2,4H,1H2. The van der Waals surface area contributed by atoms with E-state index >= 15 is 0 Å². The van der Waals surface area contributed by atoms with Crippen molar-refractivity contribution >= 4 is 11.3 Å². The summed E-state index contributed by atoms with van der Waals surface area (Å²) in [5.41, 5.74) is 0.631. The Morgan fingerprint density at radius 2 is 2.30 bits per heavy atom. The van der Waals surface area contributed by atoms with E-state index in [2.05, 4.69) is 0 Å². The molecule has 10 heavy (non-hydrogen) atoms. The molecule has 0 saturated heterocycles. The summed E-state index contributed by atoms with van der Waals surface area (Å²) in [6.07, 6.45) is 0.348. The topological polar surface area (TPSA) is 47.6 Å². The molecular weight excluding hydrogens is 144 g/mol. The number of hydrogen-bond acceptors (Lipinski definition) is 3. The molecule has 0 atom stereocenters. The van der Waals surface area contributed by atoms with Crippen molar-refractivity contribution in [3.8, 4) is 12.1 Å². The summed E-state index contributed by atoms with van der Waals surface area (Å²) in [5, 5.41) is 18.6. The van der Waals surface area contributed by atoms with Crippen LogP contribution in [0.5, 0.6) is 0 Å². The summed E-state index contributed by atoms with van der Waals surface area (Å²) in [4.78, 5) is 0.866. The van der Waals surface area contributed by atoms with E-state index < -0.39 is 0 Å². The molecule has 1 rings (SSSR count). The highest BCUT2D eigenvalue weighted by Crippen LogP contribution is 2.15. The number of hydrogen-bond donors (Lipinski definition) is 0. The van der Waals surface area contributed by atoms with Crippen molar-refractivity contribution in [3.05, 3.63) is 21.9 Å². The van der Waals surface area contributed by atoms with Gasteiger partial charge < -0.3 is 0 Å². The maximum absolute atomic E-state index is 8.48. The molecule has 0 saturated carbocycles. The Labute approximate surface area is 63.0 Å². The Hall–Kier alpha value is -1.32. The van der Waals surface area contributed by atoms with Crippen molar-refractivity contribution in [2.24, 2.45) is 0 Å². The molecule has 0 fully saturated rings. The smallest absolute Gasteiger partial charge is 0.100 e. The number of nitriles is 2. The van der Waals surface area contributed by atoms with E-state index in [1.807, 2.05) is 17.5 Å². The number of nitrogens with zero attached hydrogens (tertiary/aromatic N) is 2. The normalized spacial score (nSPS) is 8.20. The van der Waals surface area contributed by atoms with Gasteiger partial charge in [-0.1, -0.05) is 0 Å². The fourth-order valence-corrected chi connectivity index (χ4v) is 1.41. The minimum Gasteiger partial charge on any atom is -0.198 e. The number of rotatable bonds is 1. The molecule has 48 valence electrons. The molecule has 0 radical (unpaired) electrons. The lowest BCUT2D eigenvalue weighted by molar-refractivity contribution is 1.30. The van der Waals surface area contributed by atoms with Crippen LogP contribution in [-0.2, 0) is 6.42 Å². The third-order valence-corrected chi connectivity index (χ3v) is 2.03. The van der Waals surface area contributed by atoms with Crippen LogP contribution in [0.1, 0.15) is 10.4 Å². The van der Waals surface area contributed by atoms with Gasteiger partial charge in [0, 0.05) is 4.88 Å². The summed E-state index contributed by atoms with van der Waals surface area (Å²) >= 11 is 1.45. The van der Waals surface area contributed by atoms with Gasteiger partial charge >= 0.3 is 0 Å². The van der Waals surface area contributed by atoms with E-state index in [-0.39, 0.29) is 0 Å². The first kappa shape index (κ1) is 6.80. The molecule has 0 aliphatic heterocycles. The second kappa shape index (κ2) is 3.00. The fourth-order valence-electron chi connectivity index (χ4n) is 0.649. The van der Waals surface area contributed by atoms with Crippen LogP contribution in [0.15, 0.2) is 11.4 Å². The van der Waals surface area contributed by atoms with Crippen LogP contribution < -0.4 is 0 Å². The van der Waals surface area contributed by atoms with Crippen molar-refractivity contribution in [1.29, 1.82) is 10.5 Å². The second-order valence-electron chi connectivity index (χ2n) is 1.70. The van der Waals surface area contributed by atoms with Crippen LogP contribution in [0.4, 0.5) is 0 Å². The molecule has 0 aliphatic rings. The van der Waals surface area contributed by atoms with Crippen molar-refractivity contribution < 1.29 is 0 Å². The molecule has 1 aromatic rings. The highest BCUT2D eigenvalue weighted by atomic mass is 32.1. The van der Waals surface area contributed by atoms with Gasteiger partial charge in [-0.3, -0.25) is 0 Å². The van der Waals surface area contributed by atoms with E-state index in [0.29, 0.717) is 12.0 Å². The molecule has 0 spiro atoms. The predicted molar refractivity (Wildman–Crippen MR) is 38.4 cm³/mol. The van der Waals surface area contributed by atoms with Gasteiger partial charge in [0.25, 0.3) is 0 Å². The van der Waals surface area contributed by atoms with Gasteiger partial charge in [0.15, 0.2) is 0 Å². The molecule has 0 N–H and O–H groups in total. The third-order valence-electron chi connectivity index (χ3n) is 1.11. The summed E-state index contributed by atoms with van der Waals surface area (Å²) in [6.45, 7) is 0. The van der Waals surface area contributed by atoms with Crippen molar-refractivity contribution in [3.63, 3.8) is 0 Å². The van der Waals surface area contributed by atoms with E-state index in [1.54, 1.807) is 6.07 Å². The third kappa shape index (κ3) is 1.15. The van der Waals surface area contributed by atoms with Gasteiger partial charge in [0.05, 0.1) is 18.1 Å². The lowest BCUT2D eigenvalue weighted by Crippen LogP contribution is -1.77.